The Morgan fingerprint density at radius 3 is 3.06 bits per heavy atom. The largest absolute Gasteiger partial charge is 0.454 e. The molecular formula is C12H14O4. The molecule has 16 heavy (non-hydrogen) atoms. The van der Waals surface area contributed by atoms with Crippen LogP contribution in [0.1, 0.15) is 18.4 Å². The van der Waals surface area contributed by atoms with Crippen LogP contribution in [0.4, 0.5) is 0 Å². The molecule has 1 unspecified atom stereocenters. The second-order valence-corrected chi connectivity index (χ2v) is 3.94. The highest BCUT2D eigenvalue weighted by Crippen LogP contribution is 2.32. The Morgan fingerprint density at radius 2 is 2.19 bits per heavy atom. The Morgan fingerprint density at radius 1 is 1.25 bits per heavy atom. The zero-order valence-corrected chi connectivity index (χ0v) is 8.98. The topological polar surface area (TPSA) is 36.9 Å². The van der Waals surface area contributed by atoms with E-state index in [1.54, 1.807) is 0 Å². The Labute approximate surface area is 94.1 Å². The summed E-state index contributed by atoms with van der Waals surface area (Å²) in [7, 11) is 0. The van der Waals surface area contributed by atoms with Crippen molar-refractivity contribution in [2.24, 2.45) is 0 Å². The lowest BCUT2D eigenvalue weighted by Crippen LogP contribution is -2.10. The van der Waals surface area contributed by atoms with E-state index in [-0.39, 0.29) is 6.29 Å². The van der Waals surface area contributed by atoms with Gasteiger partial charge in [-0.05, 0) is 24.1 Å². The monoisotopic (exact) mass is 222 g/mol. The second kappa shape index (κ2) is 4.31. The summed E-state index contributed by atoms with van der Waals surface area (Å²) in [6.07, 6.45) is 2.04. The first-order chi connectivity index (χ1) is 7.92. The van der Waals surface area contributed by atoms with Crippen molar-refractivity contribution in [3.05, 3.63) is 23.8 Å². The molecule has 2 heterocycles. The van der Waals surface area contributed by atoms with E-state index >= 15 is 0 Å². The van der Waals surface area contributed by atoms with Crippen molar-refractivity contribution in [3.8, 4) is 11.5 Å². The quantitative estimate of drug-likeness (QED) is 0.784. The molecule has 1 aromatic carbocycles. The molecule has 86 valence electrons. The van der Waals surface area contributed by atoms with Gasteiger partial charge in [-0.2, -0.15) is 0 Å². The molecule has 1 aromatic rings. The van der Waals surface area contributed by atoms with E-state index in [4.69, 9.17) is 18.9 Å². The zero-order valence-electron chi connectivity index (χ0n) is 8.98. The molecule has 1 fully saturated rings. The predicted molar refractivity (Wildman–Crippen MR) is 56.3 cm³/mol. The molecule has 4 nitrogen and oxygen atoms in total. The Balaban J connectivity index is 1.61. The molecule has 3 rings (SSSR count). The van der Waals surface area contributed by atoms with Gasteiger partial charge in [0.15, 0.2) is 17.8 Å². The van der Waals surface area contributed by atoms with E-state index < -0.39 is 0 Å². The fraction of sp³-hybridized carbons (Fsp3) is 0.500. The third kappa shape index (κ3) is 1.99. The first-order valence-electron chi connectivity index (χ1n) is 5.53. The van der Waals surface area contributed by atoms with Crippen LogP contribution in [-0.4, -0.2) is 19.7 Å². The summed E-state index contributed by atoms with van der Waals surface area (Å²) >= 11 is 0. The van der Waals surface area contributed by atoms with Crippen molar-refractivity contribution in [2.75, 3.05) is 13.4 Å². The average Bonchev–Trinajstić information content (AvgIpc) is 2.97. The van der Waals surface area contributed by atoms with Crippen LogP contribution in [0.3, 0.4) is 0 Å². The van der Waals surface area contributed by atoms with Crippen molar-refractivity contribution >= 4 is 0 Å². The van der Waals surface area contributed by atoms with Crippen LogP contribution in [0, 0.1) is 0 Å². The SMILES string of the molecule is c1cc2c(cc1COC1CCCO1)OCO2. The van der Waals surface area contributed by atoms with Gasteiger partial charge in [0.2, 0.25) is 6.79 Å². The standard InChI is InChI=1S/C12H14O4/c1-2-12(13-5-1)14-7-9-3-4-10-11(6-9)16-8-15-10/h3-4,6,12H,1-2,5,7-8H2. The van der Waals surface area contributed by atoms with Gasteiger partial charge in [0.05, 0.1) is 6.61 Å². The zero-order chi connectivity index (χ0) is 10.8. The summed E-state index contributed by atoms with van der Waals surface area (Å²) in [4.78, 5) is 0. The minimum absolute atomic E-state index is 0.0366. The molecule has 0 bridgehead atoms. The first kappa shape index (κ1) is 9.93. The summed E-state index contributed by atoms with van der Waals surface area (Å²) in [6, 6.07) is 5.86. The van der Waals surface area contributed by atoms with Gasteiger partial charge in [0.25, 0.3) is 0 Å². The van der Waals surface area contributed by atoms with Crippen LogP contribution in [0.25, 0.3) is 0 Å². The van der Waals surface area contributed by atoms with Crippen LogP contribution < -0.4 is 9.47 Å². The maximum absolute atomic E-state index is 5.63. The molecule has 0 radical (unpaired) electrons. The van der Waals surface area contributed by atoms with Gasteiger partial charge in [-0.15, -0.1) is 0 Å². The molecule has 2 aliphatic rings. The molecule has 1 saturated heterocycles. The summed E-state index contributed by atoms with van der Waals surface area (Å²) in [5.74, 6) is 1.61. The number of hydrogen-bond acceptors (Lipinski definition) is 4. The van der Waals surface area contributed by atoms with Gasteiger partial charge < -0.3 is 18.9 Å². The van der Waals surface area contributed by atoms with Crippen LogP contribution in [0.5, 0.6) is 11.5 Å². The molecular weight excluding hydrogens is 208 g/mol. The van der Waals surface area contributed by atoms with E-state index in [2.05, 4.69) is 0 Å². The van der Waals surface area contributed by atoms with Gasteiger partial charge >= 0.3 is 0 Å². The van der Waals surface area contributed by atoms with Crippen LogP contribution in [0.2, 0.25) is 0 Å². The average molecular weight is 222 g/mol. The molecule has 1 atom stereocenters. The minimum atomic E-state index is -0.0366. The van der Waals surface area contributed by atoms with Gasteiger partial charge in [-0.1, -0.05) is 6.07 Å². The number of rotatable bonds is 3. The van der Waals surface area contributed by atoms with E-state index in [0.29, 0.717) is 13.4 Å². The van der Waals surface area contributed by atoms with Crippen molar-refractivity contribution in [3.63, 3.8) is 0 Å². The highest BCUT2D eigenvalue weighted by molar-refractivity contribution is 5.44. The lowest BCUT2D eigenvalue weighted by Gasteiger charge is -2.10. The number of benzene rings is 1. The predicted octanol–water partition coefficient (Wildman–Crippen LogP) is 2.07. The fourth-order valence-electron chi connectivity index (χ4n) is 1.90. The number of fused-ring (bicyclic) bond motifs is 1. The van der Waals surface area contributed by atoms with E-state index in [1.165, 1.54) is 0 Å². The molecule has 0 aliphatic carbocycles. The highest BCUT2D eigenvalue weighted by Gasteiger charge is 2.17. The van der Waals surface area contributed by atoms with Crippen molar-refractivity contribution in [1.82, 2.24) is 0 Å². The van der Waals surface area contributed by atoms with Crippen molar-refractivity contribution in [1.29, 1.82) is 0 Å². The third-order valence-corrected chi connectivity index (χ3v) is 2.76. The molecule has 0 saturated carbocycles. The Hall–Kier alpha value is -1.26. The van der Waals surface area contributed by atoms with Crippen LogP contribution >= 0.6 is 0 Å². The van der Waals surface area contributed by atoms with Gasteiger partial charge in [0.1, 0.15) is 0 Å². The maximum Gasteiger partial charge on any atom is 0.231 e. The lowest BCUT2D eigenvalue weighted by molar-refractivity contribution is -0.118. The van der Waals surface area contributed by atoms with Crippen LogP contribution in [0.15, 0.2) is 18.2 Å². The summed E-state index contributed by atoms with van der Waals surface area (Å²) in [6.45, 7) is 1.68. The van der Waals surface area contributed by atoms with E-state index in [1.807, 2.05) is 18.2 Å². The third-order valence-electron chi connectivity index (χ3n) is 2.76. The lowest BCUT2D eigenvalue weighted by atomic mass is 10.2. The Bertz CT molecular complexity index is 371. The summed E-state index contributed by atoms with van der Waals surface area (Å²) in [5.41, 5.74) is 1.08. The maximum atomic E-state index is 5.63. The van der Waals surface area contributed by atoms with Crippen molar-refractivity contribution in [2.45, 2.75) is 25.7 Å². The molecule has 0 N–H and O–H groups in total. The van der Waals surface area contributed by atoms with E-state index in [0.717, 1.165) is 36.5 Å². The molecule has 0 spiro atoms. The summed E-state index contributed by atoms with van der Waals surface area (Å²) in [5, 5.41) is 0. The summed E-state index contributed by atoms with van der Waals surface area (Å²) < 4.78 is 21.6. The van der Waals surface area contributed by atoms with Crippen LogP contribution in [-0.2, 0) is 16.1 Å². The minimum Gasteiger partial charge on any atom is -0.454 e. The first-order valence-corrected chi connectivity index (χ1v) is 5.53. The van der Waals surface area contributed by atoms with Crippen molar-refractivity contribution < 1.29 is 18.9 Å². The molecule has 4 heteroatoms. The number of ether oxygens (including phenoxy) is 4. The van der Waals surface area contributed by atoms with Gasteiger partial charge in [0, 0.05) is 13.0 Å². The van der Waals surface area contributed by atoms with E-state index in [9.17, 15) is 0 Å². The Kier molecular flexibility index (Phi) is 2.68. The number of hydrogen-bond donors (Lipinski definition) is 0. The highest BCUT2D eigenvalue weighted by atomic mass is 16.7. The molecule has 2 aliphatic heterocycles. The van der Waals surface area contributed by atoms with Gasteiger partial charge in [-0.3, -0.25) is 0 Å². The smallest absolute Gasteiger partial charge is 0.231 e. The molecule has 0 aromatic heterocycles. The fourth-order valence-corrected chi connectivity index (χ4v) is 1.90. The van der Waals surface area contributed by atoms with Gasteiger partial charge in [-0.25, -0.2) is 0 Å². The molecule has 0 amide bonds. The second-order valence-electron chi connectivity index (χ2n) is 3.94. The normalized spacial score (nSPS) is 22.6.